The number of ether oxygens (including phenoxy) is 1. The van der Waals surface area contributed by atoms with Gasteiger partial charge in [-0.2, -0.15) is 15.8 Å². The van der Waals surface area contributed by atoms with Crippen LogP contribution in [0.5, 0.6) is 5.75 Å². The minimum atomic E-state index is -1.55. The summed E-state index contributed by atoms with van der Waals surface area (Å²) in [5.74, 6) is 0.724. The molecule has 26 heavy (non-hydrogen) atoms. The molecular weight excluding hydrogens is 324 g/mol. The zero-order chi connectivity index (χ0) is 18.9. The van der Waals surface area contributed by atoms with Crippen LogP contribution in [0.3, 0.4) is 0 Å². The lowest BCUT2D eigenvalue weighted by Gasteiger charge is -2.43. The highest BCUT2D eigenvalue weighted by Crippen LogP contribution is 2.55. The summed E-state index contributed by atoms with van der Waals surface area (Å²) in [6.07, 6.45) is 3.59. The summed E-state index contributed by atoms with van der Waals surface area (Å²) in [6, 6.07) is 14.0. The van der Waals surface area contributed by atoms with E-state index in [9.17, 15) is 15.8 Å². The van der Waals surface area contributed by atoms with E-state index in [1.807, 2.05) is 30.3 Å². The van der Waals surface area contributed by atoms with Crippen LogP contribution in [-0.4, -0.2) is 7.11 Å². The summed E-state index contributed by atoms with van der Waals surface area (Å²) in [5.41, 5.74) is 6.76. The minimum Gasteiger partial charge on any atom is -0.497 e. The van der Waals surface area contributed by atoms with Gasteiger partial charge in [0, 0.05) is 5.92 Å². The molecule has 1 aromatic carbocycles. The fourth-order valence-electron chi connectivity index (χ4n) is 4.25. The van der Waals surface area contributed by atoms with Crippen molar-refractivity contribution < 1.29 is 4.74 Å². The molecule has 3 atom stereocenters. The lowest BCUT2D eigenvalue weighted by Crippen LogP contribution is -2.41. The molecule has 2 aliphatic rings. The Morgan fingerprint density at radius 2 is 1.96 bits per heavy atom. The van der Waals surface area contributed by atoms with Gasteiger partial charge in [-0.25, -0.2) is 0 Å². The van der Waals surface area contributed by atoms with Gasteiger partial charge < -0.3 is 10.5 Å². The Balaban J connectivity index is 2.30. The van der Waals surface area contributed by atoms with Crippen molar-refractivity contribution in [3.63, 3.8) is 0 Å². The van der Waals surface area contributed by atoms with Gasteiger partial charge in [-0.1, -0.05) is 25.1 Å². The lowest BCUT2D eigenvalue weighted by molar-refractivity contribution is 0.333. The fraction of sp³-hybridized carbons (Fsp3) is 0.381. The summed E-state index contributed by atoms with van der Waals surface area (Å²) in [4.78, 5) is 0. The van der Waals surface area contributed by atoms with E-state index in [-0.39, 0.29) is 17.5 Å². The molecule has 0 amide bonds. The van der Waals surface area contributed by atoms with Gasteiger partial charge in [0.05, 0.1) is 36.6 Å². The molecule has 130 valence electrons. The van der Waals surface area contributed by atoms with Crippen molar-refractivity contribution >= 4 is 0 Å². The summed E-state index contributed by atoms with van der Waals surface area (Å²) >= 11 is 0. The van der Waals surface area contributed by atoms with Gasteiger partial charge in [0.1, 0.15) is 5.75 Å². The van der Waals surface area contributed by atoms with E-state index in [0.717, 1.165) is 24.0 Å². The second-order valence-corrected chi connectivity index (χ2v) is 7.01. The number of nitrogens with zero attached hydrogens (tertiary/aromatic N) is 3. The van der Waals surface area contributed by atoms with Crippen LogP contribution in [0.15, 0.2) is 47.2 Å². The highest BCUT2D eigenvalue weighted by Gasteiger charge is 2.52. The summed E-state index contributed by atoms with van der Waals surface area (Å²) in [6.45, 7) is 2.14. The molecule has 2 N–H and O–H groups in total. The Morgan fingerprint density at radius 3 is 2.58 bits per heavy atom. The Hall–Kier alpha value is -3.23. The topological polar surface area (TPSA) is 107 Å². The van der Waals surface area contributed by atoms with Gasteiger partial charge >= 0.3 is 0 Å². The van der Waals surface area contributed by atoms with Crippen molar-refractivity contribution in [1.82, 2.24) is 0 Å². The average Bonchev–Trinajstić information content (AvgIpc) is 2.67. The van der Waals surface area contributed by atoms with Crippen molar-refractivity contribution in [2.24, 2.45) is 23.0 Å². The largest absolute Gasteiger partial charge is 0.497 e. The van der Waals surface area contributed by atoms with Gasteiger partial charge in [0.15, 0.2) is 0 Å². The van der Waals surface area contributed by atoms with Gasteiger partial charge in [0.2, 0.25) is 5.41 Å². The summed E-state index contributed by atoms with van der Waals surface area (Å²) in [5, 5.41) is 29.5. The summed E-state index contributed by atoms with van der Waals surface area (Å²) < 4.78 is 5.33. The molecule has 0 heterocycles. The normalized spacial score (nSPS) is 26.6. The van der Waals surface area contributed by atoms with Crippen molar-refractivity contribution in [3.8, 4) is 24.0 Å². The number of nitriles is 3. The molecule has 0 saturated heterocycles. The van der Waals surface area contributed by atoms with E-state index >= 15 is 0 Å². The van der Waals surface area contributed by atoms with E-state index in [0.29, 0.717) is 17.2 Å². The second-order valence-electron chi connectivity index (χ2n) is 7.01. The third-order valence-electron chi connectivity index (χ3n) is 5.55. The van der Waals surface area contributed by atoms with Crippen LogP contribution < -0.4 is 10.5 Å². The average molecular weight is 344 g/mol. The number of nitrogens with two attached hydrogens (primary N) is 1. The van der Waals surface area contributed by atoms with Crippen LogP contribution in [0.25, 0.3) is 0 Å². The Morgan fingerprint density at radius 1 is 1.23 bits per heavy atom. The van der Waals surface area contributed by atoms with Crippen LogP contribution in [0.4, 0.5) is 0 Å². The molecule has 0 aliphatic heterocycles. The molecule has 5 nitrogen and oxygen atoms in total. The van der Waals surface area contributed by atoms with Crippen molar-refractivity contribution in [3.05, 3.63) is 52.7 Å². The van der Waals surface area contributed by atoms with E-state index in [2.05, 4.69) is 25.1 Å². The van der Waals surface area contributed by atoms with Crippen LogP contribution in [0.1, 0.15) is 31.2 Å². The SMILES string of the molecule is COc1cccc([C@H]2C(C#N)=C(N)C(C#N)(C#N)C3=CC[C@H](C)C[C@@H]32)c1. The number of allylic oxidation sites excluding steroid dienone is 3. The molecule has 0 spiro atoms. The standard InChI is InChI=1S/C21H20N4O/c1-13-6-7-18-16(8-13)19(14-4-3-5-15(9-14)26-2)17(10-22)20(25)21(18,11-23)12-24/h3-5,7,9,13,16,19H,6,8,25H2,1-2H3/t13-,16-,19+/m0/s1. The van der Waals surface area contributed by atoms with E-state index in [4.69, 9.17) is 10.5 Å². The first-order chi connectivity index (χ1) is 12.5. The van der Waals surface area contributed by atoms with Gasteiger partial charge in [0.25, 0.3) is 0 Å². The molecule has 5 heteroatoms. The molecule has 0 fully saturated rings. The Labute approximate surface area is 153 Å². The van der Waals surface area contributed by atoms with Crippen LogP contribution in [0.2, 0.25) is 0 Å². The lowest BCUT2D eigenvalue weighted by atomic mass is 9.57. The molecule has 2 aliphatic carbocycles. The monoisotopic (exact) mass is 344 g/mol. The van der Waals surface area contributed by atoms with Crippen LogP contribution in [0, 0.1) is 51.2 Å². The predicted octanol–water partition coefficient (Wildman–Crippen LogP) is 3.53. The molecule has 0 unspecified atom stereocenters. The third-order valence-corrected chi connectivity index (χ3v) is 5.55. The first-order valence-corrected chi connectivity index (χ1v) is 8.59. The van der Waals surface area contributed by atoms with E-state index in [1.54, 1.807) is 7.11 Å². The number of hydrogen-bond acceptors (Lipinski definition) is 5. The predicted molar refractivity (Wildman–Crippen MR) is 96.2 cm³/mol. The molecule has 3 rings (SSSR count). The zero-order valence-electron chi connectivity index (χ0n) is 14.9. The van der Waals surface area contributed by atoms with Crippen molar-refractivity contribution in [2.75, 3.05) is 7.11 Å². The zero-order valence-corrected chi connectivity index (χ0v) is 14.9. The molecule has 0 saturated carbocycles. The van der Waals surface area contributed by atoms with Crippen molar-refractivity contribution in [1.29, 1.82) is 15.8 Å². The molecule has 0 bridgehead atoms. The molecular formula is C21H20N4O. The Kier molecular flexibility index (Phi) is 4.45. The van der Waals surface area contributed by atoms with Crippen molar-refractivity contribution in [2.45, 2.75) is 25.7 Å². The number of rotatable bonds is 2. The number of benzene rings is 1. The van der Waals surface area contributed by atoms with Gasteiger partial charge in [-0.3, -0.25) is 0 Å². The highest BCUT2D eigenvalue weighted by atomic mass is 16.5. The summed E-state index contributed by atoms with van der Waals surface area (Å²) in [7, 11) is 1.60. The number of fused-ring (bicyclic) bond motifs is 1. The molecule has 0 radical (unpaired) electrons. The van der Waals surface area contributed by atoms with Crippen LogP contribution >= 0.6 is 0 Å². The maximum absolute atomic E-state index is 9.84. The fourth-order valence-corrected chi connectivity index (χ4v) is 4.25. The third kappa shape index (κ3) is 2.43. The Bertz CT molecular complexity index is 909. The maximum Gasteiger partial charge on any atom is 0.204 e. The minimum absolute atomic E-state index is 0.0647. The van der Waals surface area contributed by atoms with Gasteiger partial charge in [-0.05, 0) is 47.9 Å². The first-order valence-electron chi connectivity index (χ1n) is 8.59. The molecule has 1 aromatic rings. The quantitative estimate of drug-likeness (QED) is 0.826. The first kappa shape index (κ1) is 17.6. The number of hydrogen-bond donors (Lipinski definition) is 1. The molecule has 0 aromatic heterocycles. The second kappa shape index (κ2) is 6.58. The van der Waals surface area contributed by atoms with Gasteiger partial charge in [-0.15, -0.1) is 0 Å². The smallest absolute Gasteiger partial charge is 0.204 e. The maximum atomic E-state index is 9.84. The van der Waals surface area contributed by atoms with Crippen LogP contribution in [-0.2, 0) is 0 Å². The highest BCUT2D eigenvalue weighted by molar-refractivity contribution is 5.58. The number of methoxy groups -OCH3 is 1. The van der Waals surface area contributed by atoms with E-state index < -0.39 is 5.41 Å². The van der Waals surface area contributed by atoms with E-state index in [1.165, 1.54) is 0 Å².